The van der Waals surface area contributed by atoms with Gasteiger partial charge >= 0.3 is 6.09 Å². The fraction of sp³-hybridized carbons (Fsp3) is 0.583. The van der Waals surface area contributed by atoms with Gasteiger partial charge < -0.3 is 24.8 Å². The van der Waals surface area contributed by atoms with Gasteiger partial charge in [0, 0.05) is 57.8 Å². The maximum absolute atomic E-state index is 12.7. The average Bonchev–Trinajstić information content (AvgIpc) is 3.04. The van der Waals surface area contributed by atoms with Crippen molar-refractivity contribution in [2.45, 2.75) is 77.4 Å². The number of nitrogens with one attached hydrogen (secondary N) is 2. The third-order valence-corrected chi connectivity index (χ3v) is 8.91. The van der Waals surface area contributed by atoms with Crippen molar-refractivity contribution >= 4 is 23.6 Å². The minimum absolute atomic E-state index is 0.0996. The average molecular weight is 620 g/mol. The summed E-state index contributed by atoms with van der Waals surface area (Å²) >= 11 is 0. The predicted molar refractivity (Wildman–Crippen MR) is 180 cm³/mol. The Balaban J connectivity index is 1.06. The number of likely N-dealkylation sites (N-methyl/N-ethyl adjacent to an activating group) is 1. The molecule has 0 aliphatic carbocycles. The monoisotopic (exact) mass is 619 g/mol. The lowest BCUT2D eigenvalue weighted by Crippen LogP contribution is -2.44. The topological polar surface area (TPSA) is 94.2 Å². The molecule has 1 unspecified atom stereocenters. The molecule has 2 saturated heterocycles. The van der Waals surface area contributed by atoms with Crippen molar-refractivity contribution in [1.29, 1.82) is 0 Å². The van der Waals surface area contributed by atoms with Crippen LogP contribution >= 0.6 is 0 Å². The van der Waals surface area contributed by atoms with Gasteiger partial charge in [0.15, 0.2) is 0 Å². The number of ether oxygens (including phenoxy) is 1. The molecule has 3 amide bonds. The highest BCUT2D eigenvalue weighted by atomic mass is 16.6. The Morgan fingerprint density at radius 2 is 1.62 bits per heavy atom. The summed E-state index contributed by atoms with van der Waals surface area (Å²) in [6.45, 7) is 10.1. The zero-order valence-electron chi connectivity index (χ0n) is 27.5. The number of hydrogen-bond acceptors (Lipinski definition) is 6. The van der Waals surface area contributed by atoms with Gasteiger partial charge in [0.1, 0.15) is 6.10 Å². The first-order valence-corrected chi connectivity index (χ1v) is 16.9. The molecule has 2 aliphatic rings. The van der Waals surface area contributed by atoms with Crippen LogP contribution in [-0.4, -0.2) is 97.6 Å². The first-order valence-electron chi connectivity index (χ1n) is 16.9. The molecule has 2 aromatic carbocycles. The fourth-order valence-electron chi connectivity index (χ4n) is 6.27. The number of unbranched alkanes of at least 4 members (excludes halogenated alkanes) is 2. The zero-order valence-corrected chi connectivity index (χ0v) is 27.5. The van der Waals surface area contributed by atoms with E-state index in [-0.39, 0.29) is 29.9 Å². The molecular formula is C36H53N5O4. The van der Waals surface area contributed by atoms with E-state index < -0.39 is 6.09 Å². The molecule has 4 rings (SSSR count). The molecular weight excluding hydrogens is 566 g/mol. The molecule has 0 bridgehead atoms. The van der Waals surface area contributed by atoms with Crippen LogP contribution in [0.15, 0.2) is 54.6 Å². The number of benzene rings is 2. The van der Waals surface area contributed by atoms with E-state index in [9.17, 15) is 14.4 Å². The summed E-state index contributed by atoms with van der Waals surface area (Å²) in [6.07, 6.45) is 6.64. The molecule has 0 saturated carbocycles. The SMILES string of the molecule is CC(C)NC(=O)C1CCCN(CCCCCC(=O)N(C)CCN2CCC(OC(=O)Nc3ccccc3-c3ccccc3)CC2)C1. The van der Waals surface area contributed by atoms with Crippen LogP contribution in [0, 0.1) is 5.92 Å². The van der Waals surface area contributed by atoms with Crippen molar-refractivity contribution in [2.24, 2.45) is 5.92 Å². The molecule has 9 nitrogen and oxygen atoms in total. The number of anilines is 1. The smallest absolute Gasteiger partial charge is 0.411 e. The minimum Gasteiger partial charge on any atom is -0.446 e. The van der Waals surface area contributed by atoms with Gasteiger partial charge in [0.25, 0.3) is 0 Å². The Kier molecular flexibility index (Phi) is 13.7. The minimum atomic E-state index is -0.420. The summed E-state index contributed by atoms with van der Waals surface area (Å²) in [6, 6.07) is 17.9. The summed E-state index contributed by atoms with van der Waals surface area (Å²) in [5, 5.41) is 5.99. The van der Waals surface area contributed by atoms with E-state index in [0.717, 1.165) is 101 Å². The van der Waals surface area contributed by atoms with Crippen LogP contribution in [0.3, 0.4) is 0 Å². The number of para-hydroxylation sites is 1. The molecule has 0 aromatic heterocycles. The van der Waals surface area contributed by atoms with E-state index in [0.29, 0.717) is 13.0 Å². The van der Waals surface area contributed by atoms with Crippen molar-refractivity contribution in [1.82, 2.24) is 20.0 Å². The Morgan fingerprint density at radius 3 is 2.38 bits per heavy atom. The Hall–Kier alpha value is -3.43. The molecule has 2 fully saturated rings. The van der Waals surface area contributed by atoms with E-state index >= 15 is 0 Å². The van der Waals surface area contributed by atoms with Crippen molar-refractivity contribution in [3.8, 4) is 11.1 Å². The quantitative estimate of drug-likeness (QED) is 0.267. The van der Waals surface area contributed by atoms with Crippen LogP contribution in [0.1, 0.15) is 65.2 Å². The third-order valence-electron chi connectivity index (χ3n) is 8.91. The van der Waals surface area contributed by atoms with Crippen molar-refractivity contribution in [2.75, 3.05) is 58.2 Å². The van der Waals surface area contributed by atoms with Gasteiger partial charge in [-0.3, -0.25) is 14.9 Å². The zero-order chi connectivity index (χ0) is 32.0. The molecule has 0 spiro atoms. The van der Waals surface area contributed by atoms with E-state index in [2.05, 4.69) is 20.4 Å². The van der Waals surface area contributed by atoms with E-state index in [1.807, 2.05) is 80.4 Å². The van der Waals surface area contributed by atoms with Crippen molar-refractivity contribution < 1.29 is 19.1 Å². The molecule has 1 atom stereocenters. The highest BCUT2D eigenvalue weighted by Gasteiger charge is 2.26. The summed E-state index contributed by atoms with van der Waals surface area (Å²) < 4.78 is 5.77. The van der Waals surface area contributed by atoms with Crippen molar-refractivity contribution in [3.05, 3.63) is 54.6 Å². The van der Waals surface area contributed by atoms with Crippen LogP contribution in [0.4, 0.5) is 10.5 Å². The Labute approximate surface area is 269 Å². The standard InChI is InChI=1S/C36H53N5O4/c1-28(2)37-35(43)30-15-12-22-41(27-30)21-11-5-8-18-34(42)39(3)25-26-40-23-19-31(20-24-40)45-36(44)38-33-17-10-9-16-32(33)29-13-6-4-7-14-29/h4,6-7,9-10,13-14,16-17,28,30-31H,5,8,11-12,15,18-27H2,1-3H3,(H,37,43)(H,38,44). The van der Waals surface area contributed by atoms with Crippen LogP contribution in [0.2, 0.25) is 0 Å². The second kappa shape index (κ2) is 17.9. The number of carbonyl (C=O) groups excluding carboxylic acids is 3. The molecule has 45 heavy (non-hydrogen) atoms. The van der Waals surface area contributed by atoms with Crippen LogP contribution < -0.4 is 10.6 Å². The van der Waals surface area contributed by atoms with Gasteiger partial charge in [-0.15, -0.1) is 0 Å². The van der Waals surface area contributed by atoms with Gasteiger partial charge in [-0.1, -0.05) is 55.0 Å². The molecule has 246 valence electrons. The number of likely N-dealkylation sites (tertiary alicyclic amines) is 2. The predicted octanol–water partition coefficient (Wildman–Crippen LogP) is 5.62. The summed E-state index contributed by atoms with van der Waals surface area (Å²) in [7, 11) is 1.89. The third kappa shape index (κ3) is 11.5. The van der Waals surface area contributed by atoms with Gasteiger partial charge in [0.2, 0.25) is 11.8 Å². The maximum Gasteiger partial charge on any atom is 0.411 e. The number of carbonyl (C=O) groups is 3. The maximum atomic E-state index is 12.7. The van der Waals surface area contributed by atoms with E-state index in [1.54, 1.807) is 0 Å². The van der Waals surface area contributed by atoms with Crippen LogP contribution in [0.5, 0.6) is 0 Å². The van der Waals surface area contributed by atoms with Crippen LogP contribution in [-0.2, 0) is 14.3 Å². The summed E-state index contributed by atoms with van der Waals surface area (Å²) in [5.41, 5.74) is 2.74. The van der Waals surface area contributed by atoms with Gasteiger partial charge in [0.05, 0.1) is 11.6 Å². The van der Waals surface area contributed by atoms with Gasteiger partial charge in [-0.25, -0.2) is 4.79 Å². The molecule has 2 N–H and O–H groups in total. The number of amides is 3. The number of piperidine rings is 2. The highest BCUT2D eigenvalue weighted by molar-refractivity contribution is 5.91. The second-order valence-corrected chi connectivity index (χ2v) is 12.9. The molecule has 9 heteroatoms. The second-order valence-electron chi connectivity index (χ2n) is 12.9. The van der Waals surface area contributed by atoms with Gasteiger partial charge in [-0.2, -0.15) is 0 Å². The van der Waals surface area contributed by atoms with Gasteiger partial charge in [-0.05, 0) is 77.1 Å². The van der Waals surface area contributed by atoms with Crippen molar-refractivity contribution in [3.63, 3.8) is 0 Å². The summed E-state index contributed by atoms with van der Waals surface area (Å²) in [4.78, 5) is 44.4. The first kappa shape index (κ1) is 34.4. The Morgan fingerprint density at radius 1 is 0.889 bits per heavy atom. The lowest BCUT2D eigenvalue weighted by Gasteiger charge is -2.32. The lowest BCUT2D eigenvalue weighted by molar-refractivity contribution is -0.130. The lowest BCUT2D eigenvalue weighted by atomic mass is 9.96. The fourth-order valence-corrected chi connectivity index (χ4v) is 6.27. The summed E-state index contributed by atoms with van der Waals surface area (Å²) in [5.74, 6) is 0.483. The normalized spacial score (nSPS) is 18.0. The van der Waals surface area contributed by atoms with E-state index in [4.69, 9.17) is 4.74 Å². The Bertz CT molecular complexity index is 1210. The van der Waals surface area contributed by atoms with E-state index in [1.165, 1.54) is 0 Å². The first-order chi connectivity index (χ1) is 21.8. The molecule has 2 heterocycles. The highest BCUT2D eigenvalue weighted by Crippen LogP contribution is 2.28. The number of nitrogens with zero attached hydrogens (tertiary/aromatic N) is 3. The number of hydrogen-bond donors (Lipinski definition) is 2. The molecule has 2 aliphatic heterocycles. The van der Waals surface area contributed by atoms with Crippen LogP contribution in [0.25, 0.3) is 11.1 Å². The largest absolute Gasteiger partial charge is 0.446 e. The molecule has 2 aromatic rings. The molecule has 0 radical (unpaired) electrons. The number of rotatable bonds is 14.